The number of carbonyl (C=O) groups is 1. The minimum atomic E-state index is -1.66. The molecule has 0 spiro atoms. The lowest BCUT2D eigenvalue weighted by molar-refractivity contribution is -0.125. The van der Waals surface area contributed by atoms with Gasteiger partial charge in [0.1, 0.15) is 12.2 Å². The minimum Gasteiger partial charge on any atom is -0.390 e. The molecule has 0 amide bonds. The lowest BCUT2D eigenvalue weighted by atomic mass is 10.1. The molecule has 3 atom stereocenters. The van der Waals surface area contributed by atoms with Crippen LogP contribution in [0.1, 0.15) is 0 Å². The average Bonchev–Trinajstić information content (AvgIpc) is 2.11. The molecule has 0 aliphatic rings. The van der Waals surface area contributed by atoms with Crippen molar-refractivity contribution in [3.05, 3.63) is 10.4 Å². The second kappa shape index (κ2) is 5.50. The summed E-state index contributed by atoms with van der Waals surface area (Å²) in [6, 6.07) is 0. The van der Waals surface area contributed by atoms with E-state index in [2.05, 4.69) is 10.0 Å². The molecule has 0 aromatic carbocycles. The van der Waals surface area contributed by atoms with Gasteiger partial charge < -0.3 is 20.1 Å². The molecular weight excluding hydrogens is 166 g/mol. The van der Waals surface area contributed by atoms with Crippen molar-refractivity contribution in [2.24, 2.45) is 5.11 Å². The normalized spacial score (nSPS) is 17.2. The van der Waals surface area contributed by atoms with E-state index < -0.39 is 18.3 Å². The van der Waals surface area contributed by atoms with Crippen LogP contribution in [0.5, 0.6) is 0 Å². The molecule has 0 aromatic heterocycles. The van der Waals surface area contributed by atoms with Crippen LogP contribution in [0.4, 0.5) is 0 Å². The molecule has 0 aromatic rings. The topological polar surface area (TPSA) is 127 Å². The van der Waals surface area contributed by atoms with E-state index in [9.17, 15) is 4.79 Å². The summed E-state index contributed by atoms with van der Waals surface area (Å²) in [5.74, 6) is 0. The maximum atomic E-state index is 9.90. The Bertz CT molecular complexity index is 191. The molecular formula is C5H9N3O4. The number of aliphatic hydroxyl groups excluding tert-OH is 3. The third-order valence-corrected chi connectivity index (χ3v) is 1.22. The van der Waals surface area contributed by atoms with Crippen molar-refractivity contribution < 1.29 is 20.1 Å². The van der Waals surface area contributed by atoms with Crippen LogP contribution >= 0.6 is 0 Å². The number of aldehydes is 1. The van der Waals surface area contributed by atoms with Crippen LogP contribution in [0.25, 0.3) is 10.4 Å². The molecule has 0 bridgehead atoms. The Morgan fingerprint density at radius 2 is 2.08 bits per heavy atom. The zero-order chi connectivity index (χ0) is 9.56. The lowest BCUT2D eigenvalue weighted by Gasteiger charge is -2.16. The van der Waals surface area contributed by atoms with E-state index in [0.29, 0.717) is 0 Å². The van der Waals surface area contributed by atoms with Gasteiger partial charge in [0, 0.05) is 4.91 Å². The summed E-state index contributed by atoms with van der Waals surface area (Å²) < 4.78 is 0. The molecule has 0 radical (unpaired) electrons. The van der Waals surface area contributed by atoms with Gasteiger partial charge in [0.2, 0.25) is 0 Å². The molecule has 0 fully saturated rings. The van der Waals surface area contributed by atoms with Crippen molar-refractivity contribution in [2.45, 2.75) is 18.3 Å². The molecule has 0 aliphatic carbocycles. The Morgan fingerprint density at radius 1 is 1.50 bits per heavy atom. The zero-order valence-corrected chi connectivity index (χ0v) is 6.11. The lowest BCUT2D eigenvalue weighted by Crippen LogP contribution is -2.39. The number of aliphatic hydroxyl groups is 3. The van der Waals surface area contributed by atoms with Gasteiger partial charge in [-0.1, -0.05) is 5.11 Å². The Hall–Kier alpha value is -1.14. The fraction of sp³-hybridized carbons (Fsp3) is 0.800. The summed E-state index contributed by atoms with van der Waals surface area (Å²) in [7, 11) is 0. The largest absolute Gasteiger partial charge is 0.390 e. The van der Waals surface area contributed by atoms with Gasteiger partial charge in [0.15, 0.2) is 6.29 Å². The molecule has 0 unspecified atom stereocenters. The number of azide groups is 1. The highest BCUT2D eigenvalue weighted by molar-refractivity contribution is 5.56. The van der Waals surface area contributed by atoms with E-state index in [4.69, 9.17) is 20.9 Å². The second-order valence-corrected chi connectivity index (χ2v) is 2.10. The molecule has 68 valence electrons. The summed E-state index contributed by atoms with van der Waals surface area (Å²) in [5, 5.41) is 29.5. The van der Waals surface area contributed by atoms with E-state index >= 15 is 0 Å². The van der Waals surface area contributed by atoms with Crippen LogP contribution < -0.4 is 0 Å². The molecule has 7 heteroatoms. The SMILES string of the molecule is [N-]=[N+]=NC[C@@H](O)[C@@H](O)[C@H](O)C=O. The Labute approximate surface area is 67.9 Å². The predicted molar refractivity (Wildman–Crippen MR) is 38.1 cm³/mol. The molecule has 0 saturated heterocycles. The molecule has 12 heavy (non-hydrogen) atoms. The van der Waals surface area contributed by atoms with Crippen LogP contribution in [-0.4, -0.2) is 46.5 Å². The summed E-state index contributed by atoms with van der Waals surface area (Å²) in [6.45, 7) is -0.386. The highest BCUT2D eigenvalue weighted by Gasteiger charge is 2.23. The first-order valence-corrected chi connectivity index (χ1v) is 3.13. The summed E-state index contributed by atoms with van der Waals surface area (Å²) in [6.07, 6.45) is -4.62. The fourth-order valence-corrected chi connectivity index (χ4v) is 0.536. The molecule has 0 rings (SSSR count). The van der Waals surface area contributed by atoms with Gasteiger partial charge in [-0.25, -0.2) is 0 Å². The number of carbonyl (C=O) groups excluding carboxylic acids is 1. The van der Waals surface area contributed by atoms with Crippen molar-refractivity contribution in [1.82, 2.24) is 0 Å². The molecule has 3 N–H and O–H groups in total. The van der Waals surface area contributed by atoms with Crippen molar-refractivity contribution in [2.75, 3.05) is 6.54 Å². The Kier molecular flexibility index (Phi) is 4.98. The molecule has 0 heterocycles. The fourth-order valence-electron chi connectivity index (χ4n) is 0.536. The van der Waals surface area contributed by atoms with Gasteiger partial charge >= 0.3 is 0 Å². The highest BCUT2D eigenvalue weighted by Crippen LogP contribution is 1.98. The van der Waals surface area contributed by atoms with Gasteiger partial charge in [0.05, 0.1) is 12.6 Å². The van der Waals surface area contributed by atoms with Gasteiger partial charge in [0.25, 0.3) is 0 Å². The first-order valence-electron chi connectivity index (χ1n) is 3.13. The van der Waals surface area contributed by atoms with Gasteiger partial charge in [-0.15, -0.1) is 0 Å². The van der Waals surface area contributed by atoms with Crippen LogP contribution in [0, 0.1) is 0 Å². The van der Waals surface area contributed by atoms with E-state index in [1.54, 1.807) is 0 Å². The van der Waals surface area contributed by atoms with E-state index in [-0.39, 0.29) is 12.8 Å². The number of nitrogens with zero attached hydrogens (tertiary/aromatic N) is 3. The molecule has 0 aliphatic heterocycles. The van der Waals surface area contributed by atoms with E-state index in [1.807, 2.05) is 0 Å². The van der Waals surface area contributed by atoms with E-state index in [0.717, 1.165) is 0 Å². The first kappa shape index (κ1) is 10.9. The maximum absolute atomic E-state index is 9.90. The second-order valence-electron chi connectivity index (χ2n) is 2.10. The first-order chi connectivity index (χ1) is 5.63. The standard InChI is InChI=1S/C5H9N3O4/c6-8-7-1-3(10)5(12)4(11)2-9/h2-5,10-12H,1H2/t3-,4-,5-/m1/s1. The van der Waals surface area contributed by atoms with E-state index in [1.165, 1.54) is 0 Å². The van der Waals surface area contributed by atoms with Crippen LogP contribution in [0.2, 0.25) is 0 Å². The monoisotopic (exact) mass is 175 g/mol. The van der Waals surface area contributed by atoms with Crippen molar-refractivity contribution in [3.63, 3.8) is 0 Å². The Balaban J connectivity index is 3.98. The maximum Gasteiger partial charge on any atom is 0.151 e. The van der Waals surface area contributed by atoms with Gasteiger partial charge in [-0.3, -0.25) is 0 Å². The smallest absolute Gasteiger partial charge is 0.151 e. The van der Waals surface area contributed by atoms with Crippen molar-refractivity contribution in [1.29, 1.82) is 0 Å². The Morgan fingerprint density at radius 3 is 2.50 bits per heavy atom. The van der Waals surface area contributed by atoms with Crippen molar-refractivity contribution in [3.8, 4) is 0 Å². The number of hydrogen-bond acceptors (Lipinski definition) is 5. The zero-order valence-electron chi connectivity index (χ0n) is 6.11. The number of rotatable bonds is 5. The third kappa shape index (κ3) is 3.31. The predicted octanol–water partition coefficient (Wildman–Crippen LogP) is -1.42. The highest BCUT2D eigenvalue weighted by atomic mass is 16.4. The summed E-state index contributed by atoms with van der Waals surface area (Å²) >= 11 is 0. The average molecular weight is 175 g/mol. The quantitative estimate of drug-likeness (QED) is 0.205. The minimum absolute atomic E-state index is 0.0873. The summed E-state index contributed by atoms with van der Waals surface area (Å²) in [4.78, 5) is 12.2. The van der Waals surface area contributed by atoms with Crippen LogP contribution in [-0.2, 0) is 4.79 Å². The molecule has 0 saturated carbocycles. The summed E-state index contributed by atoms with van der Waals surface area (Å²) in [5.41, 5.74) is 7.83. The van der Waals surface area contributed by atoms with Crippen LogP contribution in [0.15, 0.2) is 5.11 Å². The van der Waals surface area contributed by atoms with Crippen molar-refractivity contribution >= 4 is 6.29 Å². The van der Waals surface area contributed by atoms with Gasteiger partial charge in [-0.2, -0.15) is 0 Å². The van der Waals surface area contributed by atoms with Crippen LogP contribution in [0.3, 0.4) is 0 Å². The third-order valence-electron chi connectivity index (χ3n) is 1.22. The number of hydrogen-bond donors (Lipinski definition) is 3. The molecule has 7 nitrogen and oxygen atoms in total. The van der Waals surface area contributed by atoms with Gasteiger partial charge in [-0.05, 0) is 5.53 Å².